The Labute approximate surface area is 168 Å². The van der Waals surface area contributed by atoms with E-state index < -0.39 is 0 Å². The Morgan fingerprint density at radius 2 is 1.64 bits per heavy atom. The zero-order chi connectivity index (χ0) is 20.1. The van der Waals surface area contributed by atoms with Gasteiger partial charge >= 0.3 is 0 Å². The molecule has 2 aliphatic heterocycles. The highest BCUT2D eigenvalue weighted by Crippen LogP contribution is 2.24. The summed E-state index contributed by atoms with van der Waals surface area (Å²) in [5.41, 5.74) is 1.72. The van der Waals surface area contributed by atoms with E-state index in [0.29, 0.717) is 13.1 Å². The van der Waals surface area contributed by atoms with Gasteiger partial charge in [0.1, 0.15) is 0 Å². The number of hydrogen-bond donors (Lipinski definition) is 1. The number of morpholine rings is 1. The van der Waals surface area contributed by atoms with Gasteiger partial charge in [0, 0.05) is 49.7 Å². The number of nitrogens with one attached hydrogen (secondary N) is 1. The van der Waals surface area contributed by atoms with E-state index in [0.717, 1.165) is 51.4 Å². The van der Waals surface area contributed by atoms with Crippen LogP contribution in [-0.2, 0) is 20.9 Å². The first kappa shape index (κ1) is 20.8. The van der Waals surface area contributed by atoms with Gasteiger partial charge in [0.25, 0.3) is 0 Å². The molecule has 3 rings (SSSR count). The highest BCUT2D eigenvalue weighted by molar-refractivity contribution is 5.92. The van der Waals surface area contributed by atoms with E-state index in [1.165, 1.54) is 5.56 Å². The third-order valence-corrected chi connectivity index (χ3v) is 5.53. The van der Waals surface area contributed by atoms with Crippen molar-refractivity contribution >= 4 is 17.5 Å². The average molecular weight is 388 g/mol. The van der Waals surface area contributed by atoms with Gasteiger partial charge in [-0.1, -0.05) is 32.9 Å². The molecular weight excluding hydrogens is 354 g/mol. The Morgan fingerprint density at radius 3 is 2.21 bits per heavy atom. The highest BCUT2D eigenvalue weighted by atomic mass is 16.5. The SMILES string of the molecule is CC(C)(C)C(=O)N1CCC(C(=O)Nc2ccc(CN3CCOCC3)cc2)CC1. The van der Waals surface area contributed by atoms with Crippen molar-refractivity contribution in [3.05, 3.63) is 29.8 Å². The molecule has 0 saturated carbocycles. The highest BCUT2D eigenvalue weighted by Gasteiger charge is 2.32. The van der Waals surface area contributed by atoms with Gasteiger partial charge in [-0.15, -0.1) is 0 Å². The smallest absolute Gasteiger partial charge is 0.227 e. The monoisotopic (exact) mass is 387 g/mol. The van der Waals surface area contributed by atoms with Gasteiger partial charge in [0.05, 0.1) is 13.2 Å². The predicted octanol–water partition coefficient (Wildman–Crippen LogP) is 2.74. The first-order chi connectivity index (χ1) is 13.3. The Morgan fingerprint density at radius 1 is 1.04 bits per heavy atom. The molecule has 2 amide bonds. The number of carbonyl (C=O) groups is 2. The standard InChI is InChI=1S/C22H33N3O3/c1-22(2,3)21(27)25-10-8-18(9-11-25)20(26)23-19-6-4-17(5-7-19)16-24-12-14-28-15-13-24/h4-7,18H,8-16H2,1-3H3,(H,23,26). The van der Waals surface area contributed by atoms with E-state index in [1.807, 2.05) is 37.8 Å². The normalized spacial score (nSPS) is 19.5. The summed E-state index contributed by atoms with van der Waals surface area (Å²) in [6.45, 7) is 11.6. The van der Waals surface area contributed by atoms with Crippen LogP contribution in [0.25, 0.3) is 0 Å². The predicted molar refractivity (Wildman–Crippen MR) is 110 cm³/mol. The molecule has 2 heterocycles. The molecule has 1 aromatic rings. The molecule has 0 radical (unpaired) electrons. The van der Waals surface area contributed by atoms with Crippen molar-refractivity contribution in [2.75, 3.05) is 44.7 Å². The van der Waals surface area contributed by atoms with Crippen LogP contribution in [0.15, 0.2) is 24.3 Å². The number of benzene rings is 1. The molecule has 1 aromatic carbocycles. The van der Waals surface area contributed by atoms with Crippen molar-refractivity contribution in [1.82, 2.24) is 9.80 Å². The van der Waals surface area contributed by atoms with E-state index in [1.54, 1.807) is 0 Å². The molecule has 0 atom stereocenters. The van der Waals surface area contributed by atoms with Gasteiger partial charge in [0.2, 0.25) is 11.8 Å². The van der Waals surface area contributed by atoms with Crippen molar-refractivity contribution in [3.63, 3.8) is 0 Å². The van der Waals surface area contributed by atoms with E-state index in [4.69, 9.17) is 4.74 Å². The van der Waals surface area contributed by atoms with Gasteiger partial charge < -0.3 is 15.0 Å². The van der Waals surface area contributed by atoms with Crippen LogP contribution in [0.2, 0.25) is 0 Å². The number of hydrogen-bond acceptors (Lipinski definition) is 4. The number of ether oxygens (including phenoxy) is 1. The number of rotatable bonds is 4. The molecule has 2 saturated heterocycles. The number of anilines is 1. The van der Waals surface area contributed by atoms with Crippen LogP contribution in [0.4, 0.5) is 5.69 Å². The maximum atomic E-state index is 12.6. The summed E-state index contributed by atoms with van der Waals surface area (Å²) >= 11 is 0. The molecule has 0 spiro atoms. The van der Waals surface area contributed by atoms with Crippen molar-refractivity contribution < 1.29 is 14.3 Å². The maximum absolute atomic E-state index is 12.6. The van der Waals surface area contributed by atoms with Crippen LogP contribution in [0.1, 0.15) is 39.2 Å². The second kappa shape index (κ2) is 9.05. The third kappa shape index (κ3) is 5.55. The Kier molecular flexibility index (Phi) is 6.73. The molecule has 1 N–H and O–H groups in total. The lowest BCUT2D eigenvalue weighted by Crippen LogP contribution is -2.45. The van der Waals surface area contributed by atoms with Crippen LogP contribution in [0.5, 0.6) is 0 Å². The summed E-state index contributed by atoms with van der Waals surface area (Å²) in [5, 5.41) is 3.04. The molecule has 28 heavy (non-hydrogen) atoms. The van der Waals surface area contributed by atoms with Gasteiger partial charge in [0.15, 0.2) is 0 Å². The van der Waals surface area contributed by atoms with E-state index in [9.17, 15) is 9.59 Å². The fourth-order valence-electron chi connectivity index (χ4n) is 3.77. The number of nitrogens with zero attached hydrogens (tertiary/aromatic N) is 2. The molecule has 2 fully saturated rings. The molecule has 0 unspecified atom stereocenters. The molecule has 6 nitrogen and oxygen atoms in total. The first-order valence-corrected chi connectivity index (χ1v) is 10.3. The van der Waals surface area contributed by atoms with Gasteiger partial charge in [-0.25, -0.2) is 0 Å². The zero-order valence-electron chi connectivity index (χ0n) is 17.4. The van der Waals surface area contributed by atoms with Gasteiger partial charge in [-0.05, 0) is 30.5 Å². The van der Waals surface area contributed by atoms with E-state index in [2.05, 4.69) is 22.3 Å². The molecule has 6 heteroatoms. The maximum Gasteiger partial charge on any atom is 0.227 e. The minimum absolute atomic E-state index is 0.0305. The minimum atomic E-state index is -0.363. The van der Waals surface area contributed by atoms with E-state index in [-0.39, 0.29) is 23.1 Å². The van der Waals surface area contributed by atoms with Gasteiger partial charge in [-0.2, -0.15) is 0 Å². The Hall–Kier alpha value is -1.92. The van der Waals surface area contributed by atoms with Gasteiger partial charge in [-0.3, -0.25) is 14.5 Å². The van der Waals surface area contributed by atoms with Crippen molar-refractivity contribution in [3.8, 4) is 0 Å². The molecule has 0 aromatic heterocycles. The van der Waals surface area contributed by atoms with Crippen LogP contribution >= 0.6 is 0 Å². The molecule has 0 aliphatic carbocycles. The largest absolute Gasteiger partial charge is 0.379 e. The summed E-state index contributed by atoms with van der Waals surface area (Å²) in [6, 6.07) is 8.11. The number of likely N-dealkylation sites (tertiary alicyclic amines) is 1. The number of amides is 2. The molecular formula is C22H33N3O3. The fraction of sp³-hybridized carbons (Fsp3) is 0.636. The Balaban J connectivity index is 1.46. The lowest BCUT2D eigenvalue weighted by molar-refractivity contribution is -0.142. The average Bonchev–Trinajstić information content (AvgIpc) is 2.69. The summed E-state index contributed by atoms with van der Waals surface area (Å²) < 4.78 is 5.38. The zero-order valence-corrected chi connectivity index (χ0v) is 17.4. The second-order valence-corrected chi connectivity index (χ2v) is 8.89. The minimum Gasteiger partial charge on any atom is -0.379 e. The number of piperidine rings is 1. The van der Waals surface area contributed by atoms with Crippen LogP contribution in [-0.4, -0.2) is 61.0 Å². The van der Waals surface area contributed by atoms with Crippen LogP contribution < -0.4 is 5.32 Å². The Bertz CT molecular complexity index is 667. The topological polar surface area (TPSA) is 61.9 Å². The first-order valence-electron chi connectivity index (χ1n) is 10.3. The summed E-state index contributed by atoms with van der Waals surface area (Å²) in [5.74, 6) is 0.197. The molecule has 154 valence electrons. The second-order valence-electron chi connectivity index (χ2n) is 8.89. The third-order valence-electron chi connectivity index (χ3n) is 5.53. The van der Waals surface area contributed by atoms with Crippen molar-refractivity contribution in [2.45, 2.75) is 40.2 Å². The molecule has 0 bridgehead atoms. The van der Waals surface area contributed by atoms with Crippen LogP contribution in [0, 0.1) is 11.3 Å². The lowest BCUT2D eigenvalue weighted by Gasteiger charge is -2.35. The van der Waals surface area contributed by atoms with Crippen LogP contribution in [0.3, 0.4) is 0 Å². The van der Waals surface area contributed by atoms with E-state index >= 15 is 0 Å². The summed E-state index contributed by atoms with van der Waals surface area (Å²) in [6.07, 6.45) is 1.45. The molecule has 2 aliphatic rings. The quantitative estimate of drug-likeness (QED) is 0.863. The summed E-state index contributed by atoms with van der Waals surface area (Å²) in [7, 11) is 0. The summed E-state index contributed by atoms with van der Waals surface area (Å²) in [4.78, 5) is 29.3. The lowest BCUT2D eigenvalue weighted by atomic mass is 9.90. The fourth-order valence-corrected chi connectivity index (χ4v) is 3.77. The number of carbonyl (C=O) groups excluding carboxylic acids is 2. The van der Waals surface area contributed by atoms with Crippen molar-refractivity contribution in [2.24, 2.45) is 11.3 Å². The van der Waals surface area contributed by atoms with Crippen molar-refractivity contribution in [1.29, 1.82) is 0 Å².